The van der Waals surface area contributed by atoms with Crippen molar-refractivity contribution in [2.24, 2.45) is 10.9 Å². The van der Waals surface area contributed by atoms with Gasteiger partial charge in [-0.2, -0.15) is 0 Å². The van der Waals surface area contributed by atoms with Gasteiger partial charge < -0.3 is 24.5 Å². The van der Waals surface area contributed by atoms with Gasteiger partial charge in [-0.05, 0) is 24.6 Å². The Labute approximate surface area is 177 Å². The molecule has 1 atom stereocenters. The van der Waals surface area contributed by atoms with Crippen molar-refractivity contribution in [1.82, 2.24) is 10.6 Å². The van der Waals surface area contributed by atoms with E-state index in [1.807, 2.05) is 36.4 Å². The number of nitrogens with one attached hydrogen (secondary N) is 2. The second-order valence-electron chi connectivity index (χ2n) is 6.34. The van der Waals surface area contributed by atoms with Crippen LogP contribution in [0, 0.1) is 5.92 Å². The summed E-state index contributed by atoms with van der Waals surface area (Å²) in [5, 5.41) is 6.82. The molecule has 1 saturated heterocycles. The molecule has 3 rings (SSSR count). The molecule has 1 fully saturated rings. The molecular formula is C20H28IN3O3. The second-order valence-corrected chi connectivity index (χ2v) is 6.34. The standard InChI is InChI=1S/C20H27N3O3.HI/c1-24-19-7-3-2-5-17(19)14-23-20(22-13-16-9-12-25-15-16)21-10-8-18-6-4-11-26-18;/h2-7,11,16H,8-10,12-15H2,1H3,(H2,21,22,23);1H. The number of aliphatic imine (C=N–C) groups is 1. The molecule has 148 valence electrons. The molecule has 1 aromatic carbocycles. The van der Waals surface area contributed by atoms with Crippen molar-refractivity contribution in [3.05, 3.63) is 54.0 Å². The monoisotopic (exact) mass is 485 g/mol. The predicted molar refractivity (Wildman–Crippen MR) is 117 cm³/mol. The molecule has 0 radical (unpaired) electrons. The maximum Gasteiger partial charge on any atom is 0.191 e. The quantitative estimate of drug-likeness (QED) is 0.342. The fraction of sp³-hybridized carbons (Fsp3) is 0.450. The van der Waals surface area contributed by atoms with Gasteiger partial charge in [0.25, 0.3) is 0 Å². The first-order valence-electron chi connectivity index (χ1n) is 9.09. The largest absolute Gasteiger partial charge is 0.496 e. The molecule has 0 saturated carbocycles. The number of methoxy groups -OCH3 is 1. The SMILES string of the molecule is COc1ccccc1CN=C(NCCc1ccco1)NCC1CCOC1.I. The van der Waals surface area contributed by atoms with Crippen LogP contribution in [0.25, 0.3) is 0 Å². The summed E-state index contributed by atoms with van der Waals surface area (Å²) in [6.07, 6.45) is 3.61. The van der Waals surface area contributed by atoms with Gasteiger partial charge in [0.1, 0.15) is 11.5 Å². The molecule has 0 aliphatic carbocycles. The fourth-order valence-corrected chi connectivity index (χ4v) is 2.92. The number of nitrogens with zero attached hydrogens (tertiary/aromatic N) is 1. The maximum atomic E-state index is 5.45. The molecule has 1 unspecified atom stereocenters. The lowest BCUT2D eigenvalue weighted by molar-refractivity contribution is 0.186. The number of ether oxygens (including phenoxy) is 2. The normalized spacial score (nSPS) is 16.6. The van der Waals surface area contributed by atoms with E-state index in [0.29, 0.717) is 12.5 Å². The number of rotatable bonds is 8. The molecule has 0 amide bonds. The molecule has 6 nitrogen and oxygen atoms in total. The van der Waals surface area contributed by atoms with Gasteiger partial charge in [0.05, 0.1) is 26.5 Å². The number of hydrogen-bond acceptors (Lipinski definition) is 4. The summed E-state index contributed by atoms with van der Waals surface area (Å²) < 4.78 is 16.2. The average Bonchev–Trinajstić information content (AvgIpc) is 3.37. The van der Waals surface area contributed by atoms with Crippen LogP contribution in [0.3, 0.4) is 0 Å². The Morgan fingerprint density at radius 2 is 2.11 bits per heavy atom. The number of guanidine groups is 1. The Morgan fingerprint density at radius 3 is 2.85 bits per heavy atom. The summed E-state index contributed by atoms with van der Waals surface area (Å²) in [5.74, 6) is 3.16. The molecule has 2 N–H and O–H groups in total. The van der Waals surface area contributed by atoms with Crippen LogP contribution < -0.4 is 15.4 Å². The van der Waals surface area contributed by atoms with Crippen molar-refractivity contribution in [2.45, 2.75) is 19.4 Å². The van der Waals surface area contributed by atoms with E-state index in [9.17, 15) is 0 Å². The Balaban J connectivity index is 0.00000261. The highest BCUT2D eigenvalue weighted by atomic mass is 127. The van der Waals surface area contributed by atoms with E-state index in [4.69, 9.17) is 18.9 Å². The Kier molecular flexibility index (Phi) is 9.47. The predicted octanol–water partition coefficient (Wildman–Crippen LogP) is 3.22. The van der Waals surface area contributed by atoms with Crippen LogP contribution in [-0.2, 0) is 17.7 Å². The minimum atomic E-state index is 0. The van der Waals surface area contributed by atoms with Crippen LogP contribution in [0.5, 0.6) is 5.75 Å². The van der Waals surface area contributed by atoms with E-state index < -0.39 is 0 Å². The third kappa shape index (κ3) is 7.06. The lowest BCUT2D eigenvalue weighted by atomic mass is 10.1. The van der Waals surface area contributed by atoms with Gasteiger partial charge in [0.15, 0.2) is 5.96 Å². The number of para-hydroxylation sites is 1. The zero-order valence-corrected chi connectivity index (χ0v) is 18.0. The molecule has 1 aliphatic rings. The third-order valence-electron chi connectivity index (χ3n) is 4.43. The van der Waals surface area contributed by atoms with Crippen LogP contribution >= 0.6 is 24.0 Å². The van der Waals surface area contributed by atoms with Crippen molar-refractivity contribution in [1.29, 1.82) is 0 Å². The number of halogens is 1. The Bertz CT molecular complexity index is 686. The van der Waals surface area contributed by atoms with E-state index in [-0.39, 0.29) is 24.0 Å². The van der Waals surface area contributed by atoms with Gasteiger partial charge in [-0.25, -0.2) is 4.99 Å². The van der Waals surface area contributed by atoms with E-state index >= 15 is 0 Å². The van der Waals surface area contributed by atoms with Crippen LogP contribution in [0.1, 0.15) is 17.7 Å². The maximum absolute atomic E-state index is 5.45. The molecule has 27 heavy (non-hydrogen) atoms. The summed E-state index contributed by atoms with van der Waals surface area (Å²) in [5.41, 5.74) is 1.06. The van der Waals surface area contributed by atoms with Crippen molar-refractivity contribution in [2.75, 3.05) is 33.4 Å². The van der Waals surface area contributed by atoms with E-state index in [0.717, 1.165) is 62.2 Å². The smallest absolute Gasteiger partial charge is 0.191 e. The minimum absolute atomic E-state index is 0. The van der Waals surface area contributed by atoms with Gasteiger partial charge >= 0.3 is 0 Å². The fourth-order valence-electron chi connectivity index (χ4n) is 2.92. The van der Waals surface area contributed by atoms with Gasteiger partial charge in [-0.1, -0.05) is 18.2 Å². The summed E-state index contributed by atoms with van der Waals surface area (Å²) in [7, 11) is 1.68. The highest BCUT2D eigenvalue weighted by molar-refractivity contribution is 14.0. The van der Waals surface area contributed by atoms with Crippen LogP contribution in [0.15, 0.2) is 52.1 Å². The van der Waals surface area contributed by atoms with Gasteiger partial charge in [-0.3, -0.25) is 0 Å². The van der Waals surface area contributed by atoms with Crippen molar-refractivity contribution in [3.8, 4) is 5.75 Å². The highest BCUT2D eigenvalue weighted by Crippen LogP contribution is 2.18. The molecule has 0 bridgehead atoms. The minimum Gasteiger partial charge on any atom is -0.496 e. The zero-order valence-electron chi connectivity index (χ0n) is 15.6. The third-order valence-corrected chi connectivity index (χ3v) is 4.43. The van der Waals surface area contributed by atoms with Crippen molar-refractivity contribution >= 4 is 29.9 Å². The molecule has 2 heterocycles. The van der Waals surface area contributed by atoms with Gasteiger partial charge in [-0.15, -0.1) is 24.0 Å². The van der Waals surface area contributed by atoms with Crippen LogP contribution in [0.2, 0.25) is 0 Å². The zero-order chi connectivity index (χ0) is 18.0. The molecule has 2 aromatic rings. The first-order valence-corrected chi connectivity index (χ1v) is 9.09. The second kappa shape index (κ2) is 11.9. The summed E-state index contributed by atoms with van der Waals surface area (Å²) in [6, 6.07) is 11.8. The van der Waals surface area contributed by atoms with E-state index in [2.05, 4.69) is 10.6 Å². The summed E-state index contributed by atoms with van der Waals surface area (Å²) in [6.45, 7) is 3.84. The lowest BCUT2D eigenvalue weighted by Gasteiger charge is -2.15. The molecule has 1 aliphatic heterocycles. The number of hydrogen-bond donors (Lipinski definition) is 2. The summed E-state index contributed by atoms with van der Waals surface area (Å²) in [4.78, 5) is 4.73. The van der Waals surface area contributed by atoms with Crippen LogP contribution in [0.4, 0.5) is 0 Å². The molecule has 0 spiro atoms. The number of furan rings is 1. The first-order chi connectivity index (χ1) is 12.8. The molecule has 1 aromatic heterocycles. The lowest BCUT2D eigenvalue weighted by Crippen LogP contribution is -2.40. The van der Waals surface area contributed by atoms with E-state index in [1.54, 1.807) is 13.4 Å². The van der Waals surface area contributed by atoms with Crippen molar-refractivity contribution < 1.29 is 13.9 Å². The Morgan fingerprint density at radius 1 is 1.22 bits per heavy atom. The topological polar surface area (TPSA) is 68.0 Å². The average molecular weight is 485 g/mol. The van der Waals surface area contributed by atoms with Gasteiger partial charge in [0, 0.05) is 37.6 Å². The van der Waals surface area contributed by atoms with Gasteiger partial charge in [0.2, 0.25) is 0 Å². The summed E-state index contributed by atoms with van der Waals surface area (Å²) >= 11 is 0. The van der Waals surface area contributed by atoms with E-state index in [1.165, 1.54) is 0 Å². The number of benzene rings is 1. The van der Waals surface area contributed by atoms with Crippen molar-refractivity contribution in [3.63, 3.8) is 0 Å². The van der Waals surface area contributed by atoms with Crippen LogP contribution in [-0.4, -0.2) is 39.4 Å². The molecule has 7 heteroatoms. The first kappa shape index (κ1) is 21.6. The molecular weight excluding hydrogens is 457 g/mol. The Hall–Kier alpha value is -1.74. The highest BCUT2D eigenvalue weighted by Gasteiger charge is 2.15.